The highest BCUT2D eigenvalue weighted by atomic mass is 16.5. The molecule has 2 N–H and O–H groups in total. The summed E-state index contributed by atoms with van der Waals surface area (Å²) in [5, 5.41) is 6.05. The number of hydrogen-bond donors (Lipinski definition) is 2. The molecule has 38 heavy (non-hydrogen) atoms. The molecule has 3 aromatic carbocycles. The van der Waals surface area contributed by atoms with Crippen LogP contribution in [0.3, 0.4) is 0 Å². The Bertz CT molecular complexity index is 1140. The predicted octanol–water partition coefficient (Wildman–Crippen LogP) is 7.00. The third-order valence-corrected chi connectivity index (χ3v) is 6.62. The molecule has 0 bridgehead atoms. The number of carbonyl (C=O) groups is 2. The summed E-state index contributed by atoms with van der Waals surface area (Å²) < 4.78 is 11.4. The number of nitrogens with zero attached hydrogens (tertiary/aromatic N) is 1. The van der Waals surface area contributed by atoms with Crippen LogP contribution in [0, 0.1) is 5.92 Å². The molecule has 7 nitrogen and oxygen atoms in total. The van der Waals surface area contributed by atoms with Gasteiger partial charge in [-0.15, -0.1) is 0 Å². The lowest BCUT2D eigenvalue weighted by Gasteiger charge is -2.24. The molecule has 3 aromatic rings. The van der Waals surface area contributed by atoms with Crippen LogP contribution in [0.2, 0.25) is 0 Å². The molecule has 0 aromatic heterocycles. The molecule has 0 atom stereocenters. The van der Waals surface area contributed by atoms with Gasteiger partial charge in [0.2, 0.25) is 5.91 Å². The Morgan fingerprint density at radius 1 is 0.842 bits per heavy atom. The number of benzene rings is 3. The Kier molecular flexibility index (Phi) is 10.0. The fourth-order valence-corrected chi connectivity index (χ4v) is 4.62. The van der Waals surface area contributed by atoms with Gasteiger partial charge >= 0.3 is 6.03 Å². The van der Waals surface area contributed by atoms with E-state index in [0.29, 0.717) is 37.6 Å². The Hall–Kier alpha value is -4.00. The molecule has 3 amide bonds. The number of carbonyl (C=O) groups excluding carboxylic acids is 2. The lowest BCUT2D eigenvalue weighted by molar-refractivity contribution is -0.125. The summed E-state index contributed by atoms with van der Waals surface area (Å²) in [7, 11) is 0. The maximum absolute atomic E-state index is 13.3. The third kappa shape index (κ3) is 8.00. The summed E-state index contributed by atoms with van der Waals surface area (Å²) in [5.74, 6) is 2.45. The van der Waals surface area contributed by atoms with E-state index >= 15 is 0 Å². The topological polar surface area (TPSA) is 79.9 Å². The highest BCUT2D eigenvalue weighted by Gasteiger charge is 2.21. The fourth-order valence-electron chi connectivity index (χ4n) is 4.62. The van der Waals surface area contributed by atoms with Crippen molar-refractivity contribution in [1.29, 1.82) is 0 Å². The van der Waals surface area contributed by atoms with Gasteiger partial charge in [0.05, 0.1) is 6.61 Å². The first-order chi connectivity index (χ1) is 18.6. The number of amides is 3. The van der Waals surface area contributed by atoms with E-state index in [9.17, 15) is 9.59 Å². The van der Waals surface area contributed by atoms with Gasteiger partial charge in [0.15, 0.2) is 0 Å². The molecule has 1 aliphatic carbocycles. The molecule has 0 spiro atoms. The van der Waals surface area contributed by atoms with Gasteiger partial charge in [0.25, 0.3) is 0 Å². The molecule has 1 fully saturated rings. The molecule has 7 heteroatoms. The number of anilines is 2. The second-order valence-electron chi connectivity index (χ2n) is 9.43. The SMILES string of the molecule is CCOc1ccc(NC(=O)N(CCCNC(=O)C2CCCCC2)c2ccc(Oc3ccccc3)cc2)cc1. The van der Waals surface area contributed by atoms with Crippen LogP contribution in [-0.2, 0) is 4.79 Å². The van der Waals surface area contributed by atoms with Crippen molar-refractivity contribution >= 4 is 23.3 Å². The molecule has 0 unspecified atom stereocenters. The van der Waals surface area contributed by atoms with E-state index in [1.54, 1.807) is 4.90 Å². The first kappa shape index (κ1) is 27.0. The molecular formula is C31H37N3O4. The number of nitrogens with one attached hydrogen (secondary N) is 2. The zero-order valence-electron chi connectivity index (χ0n) is 22.0. The Morgan fingerprint density at radius 3 is 2.18 bits per heavy atom. The van der Waals surface area contributed by atoms with Crippen LogP contribution >= 0.6 is 0 Å². The van der Waals surface area contributed by atoms with E-state index in [0.717, 1.165) is 42.9 Å². The van der Waals surface area contributed by atoms with Crippen LogP contribution in [-0.4, -0.2) is 31.6 Å². The zero-order valence-corrected chi connectivity index (χ0v) is 22.0. The minimum atomic E-state index is -0.246. The molecular weight excluding hydrogens is 478 g/mol. The molecule has 1 saturated carbocycles. The summed E-state index contributed by atoms with van der Waals surface area (Å²) in [6, 6.07) is 24.1. The maximum atomic E-state index is 13.3. The van der Waals surface area contributed by atoms with Crippen LogP contribution in [0.4, 0.5) is 16.2 Å². The Morgan fingerprint density at radius 2 is 1.50 bits per heavy atom. The van der Waals surface area contributed by atoms with Gasteiger partial charge < -0.3 is 20.1 Å². The lowest BCUT2D eigenvalue weighted by Crippen LogP contribution is -2.38. The largest absolute Gasteiger partial charge is 0.494 e. The number of rotatable bonds is 11. The normalized spacial score (nSPS) is 13.4. The van der Waals surface area contributed by atoms with Gasteiger partial charge in [-0.25, -0.2) is 4.79 Å². The van der Waals surface area contributed by atoms with Crippen molar-refractivity contribution in [1.82, 2.24) is 5.32 Å². The second-order valence-corrected chi connectivity index (χ2v) is 9.43. The van der Waals surface area contributed by atoms with Crippen molar-refractivity contribution in [2.24, 2.45) is 5.92 Å². The van der Waals surface area contributed by atoms with Crippen LogP contribution in [0.25, 0.3) is 0 Å². The van der Waals surface area contributed by atoms with Crippen LogP contribution in [0.5, 0.6) is 17.2 Å². The average Bonchev–Trinajstić information content (AvgIpc) is 2.96. The number of urea groups is 1. The van der Waals surface area contributed by atoms with Crippen molar-refractivity contribution in [3.8, 4) is 17.2 Å². The molecule has 1 aliphatic rings. The van der Waals surface area contributed by atoms with Crippen LogP contribution < -0.4 is 25.0 Å². The van der Waals surface area contributed by atoms with E-state index in [2.05, 4.69) is 10.6 Å². The molecule has 0 saturated heterocycles. The third-order valence-electron chi connectivity index (χ3n) is 6.62. The zero-order chi connectivity index (χ0) is 26.6. The summed E-state index contributed by atoms with van der Waals surface area (Å²) in [4.78, 5) is 27.6. The number of para-hydroxylation sites is 1. The Labute approximate surface area is 225 Å². The Balaban J connectivity index is 1.40. The van der Waals surface area contributed by atoms with Gasteiger partial charge in [-0.1, -0.05) is 37.5 Å². The quantitative estimate of drug-likeness (QED) is 0.269. The standard InChI is InChI=1S/C31H37N3O4/c1-2-37-27-18-14-25(15-19-27)33-31(36)34(23-9-22-32-30(35)24-10-5-3-6-11-24)26-16-20-29(21-17-26)38-28-12-7-4-8-13-28/h4,7-8,12-21,24H,2-3,5-6,9-11,22-23H2,1H3,(H,32,35)(H,33,36). The van der Waals surface area contributed by atoms with Gasteiger partial charge in [-0.2, -0.15) is 0 Å². The van der Waals surface area contributed by atoms with Gasteiger partial charge in [0.1, 0.15) is 17.2 Å². The average molecular weight is 516 g/mol. The second kappa shape index (κ2) is 14.1. The minimum Gasteiger partial charge on any atom is -0.494 e. The van der Waals surface area contributed by atoms with Gasteiger partial charge in [0, 0.05) is 30.4 Å². The summed E-state index contributed by atoms with van der Waals surface area (Å²) in [6.07, 6.45) is 6.05. The summed E-state index contributed by atoms with van der Waals surface area (Å²) in [5.41, 5.74) is 1.42. The summed E-state index contributed by atoms with van der Waals surface area (Å²) in [6.45, 7) is 3.49. The van der Waals surface area contributed by atoms with Crippen molar-refractivity contribution in [3.63, 3.8) is 0 Å². The molecule has 0 aliphatic heterocycles. The van der Waals surface area contributed by atoms with Crippen LogP contribution in [0.15, 0.2) is 78.9 Å². The van der Waals surface area contributed by atoms with Crippen molar-refractivity contribution in [3.05, 3.63) is 78.9 Å². The van der Waals surface area contributed by atoms with Gasteiger partial charge in [-0.3, -0.25) is 9.69 Å². The fraction of sp³-hybridized carbons (Fsp3) is 0.355. The van der Waals surface area contributed by atoms with Crippen molar-refractivity contribution < 1.29 is 19.1 Å². The molecule has 0 radical (unpaired) electrons. The van der Waals surface area contributed by atoms with E-state index in [1.807, 2.05) is 85.8 Å². The molecule has 4 rings (SSSR count). The number of hydrogen-bond acceptors (Lipinski definition) is 4. The van der Waals surface area contributed by atoms with E-state index in [-0.39, 0.29) is 17.9 Å². The monoisotopic (exact) mass is 515 g/mol. The highest BCUT2D eigenvalue weighted by molar-refractivity contribution is 6.01. The molecule has 200 valence electrons. The number of ether oxygens (including phenoxy) is 2. The predicted molar refractivity (Wildman–Crippen MR) is 151 cm³/mol. The smallest absolute Gasteiger partial charge is 0.326 e. The maximum Gasteiger partial charge on any atom is 0.326 e. The minimum absolute atomic E-state index is 0.125. The molecule has 0 heterocycles. The highest BCUT2D eigenvalue weighted by Crippen LogP contribution is 2.26. The van der Waals surface area contributed by atoms with E-state index in [1.165, 1.54) is 6.42 Å². The van der Waals surface area contributed by atoms with Crippen molar-refractivity contribution in [2.45, 2.75) is 45.4 Å². The lowest BCUT2D eigenvalue weighted by atomic mass is 9.89. The van der Waals surface area contributed by atoms with E-state index in [4.69, 9.17) is 9.47 Å². The van der Waals surface area contributed by atoms with Crippen molar-refractivity contribution in [2.75, 3.05) is 29.9 Å². The first-order valence-electron chi connectivity index (χ1n) is 13.5. The first-order valence-corrected chi connectivity index (χ1v) is 13.5. The van der Waals surface area contributed by atoms with Crippen LogP contribution in [0.1, 0.15) is 45.4 Å². The summed E-state index contributed by atoms with van der Waals surface area (Å²) >= 11 is 0. The van der Waals surface area contributed by atoms with E-state index < -0.39 is 0 Å². The van der Waals surface area contributed by atoms with Gasteiger partial charge in [-0.05, 0) is 86.8 Å².